The van der Waals surface area contributed by atoms with E-state index in [9.17, 15) is 4.79 Å². The van der Waals surface area contributed by atoms with Gasteiger partial charge < -0.3 is 9.88 Å². The zero-order valence-corrected chi connectivity index (χ0v) is 14.3. The number of rotatable bonds is 9. The molecule has 2 aromatic rings. The van der Waals surface area contributed by atoms with Gasteiger partial charge in [-0.25, -0.2) is 15.0 Å². The van der Waals surface area contributed by atoms with Crippen LogP contribution in [0.3, 0.4) is 0 Å². The fraction of sp³-hybridized carbons (Fsp3) is 0.412. The van der Waals surface area contributed by atoms with E-state index in [0.29, 0.717) is 17.0 Å². The normalized spacial score (nSPS) is 11.2. The van der Waals surface area contributed by atoms with Gasteiger partial charge in [-0.1, -0.05) is 26.0 Å². The van der Waals surface area contributed by atoms with Crippen molar-refractivity contribution in [2.45, 2.75) is 20.4 Å². The topological polar surface area (TPSA) is 75.9 Å². The molecule has 2 heterocycles. The highest BCUT2D eigenvalue weighted by Gasteiger charge is 2.14. The summed E-state index contributed by atoms with van der Waals surface area (Å²) in [6, 6.07) is 0. The summed E-state index contributed by atoms with van der Waals surface area (Å²) in [6.45, 7) is 14.4. The minimum atomic E-state index is -0.122. The fourth-order valence-electron chi connectivity index (χ4n) is 2.27. The number of carbonyl (C=O) groups excluding carboxylic acids is 1. The monoisotopic (exact) mass is 328 g/mol. The molecule has 0 aliphatic rings. The van der Waals surface area contributed by atoms with Crippen LogP contribution < -0.4 is 5.32 Å². The zero-order chi connectivity index (χ0) is 17.5. The predicted molar refractivity (Wildman–Crippen MR) is 95.6 cm³/mol. The lowest BCUT2D eigenvalue weighted by Gasteiger charge is -2.18. The van der Waals surface area contributed by atoms with Crippen molar-refractivity contribution in [1.29, 1.82) is 0 Å². The van der Waals surface area contributed by atoms with E-state index in [1.807, 2.05) is 30.6 Å². The van der Waals surface area contributed by atoms with Gasteiger partial charge >= 0.3 is 0 Å². The number of fused-ring (bicyclic) bond motifs is 1. The van der Waals surface area contributed by atoms with Gasteiger partial charge in [0.15, 0.2) is 17.0 Å². The van der Waals surface area contributed by atoms with Gasteiger partial charge in [0.25, 0.3) is 0 Å². The second-order valence-electron chi connectivity index (χ2n) is 5.81. The molecule has 0 aromatic carbocycles. The van der Waals surface area contributed by atoms with Crippen molar-refractivity contribution in [2.75, 3.05) is 25.0 Å². The number of carbonyl (C=O) groups is 1. The maximum absolute atomic E-state index is 11.9. The SMILES string of the molecule is C=CCN(CC=C)CCn1cnc2c(NC(=O)C(C)C)ncnc21. The van der Waals surface area contributed by atoms with Crippen LogP contribution in [-0.2, 0) is 11.3 Å². The first-order chi connectivity index (χ1) is 11.6. The maximum atomic E-state index is 11.9. The van der Waals surface area contributed by atoms with E-state index in [1.54, 1.807) is 6.33 Å². The maximum Gasteiger partial charge on any atom is 0.228 e. The van der Waals surface area contributed by atoms with E-state index < -0.39 is 0 Å². The first-order valence-corrected chi connectivity index (χ1v) is 7.97. The first-order valence-electron chi connectivity index (χ1n) is 7.97. The Morgan fingerprint density at radius 3 is 2.62 bits per heavy atom. The molecule has 0 aliphatic carbocycles. The Kier molecular flexibility index (Phi) is 6.20. The van der Waals surface area contributed by atoms with Crippen molar-refractivity contribution < 1.29 is 4.79 Å². The summed E-state index contributed by atoms with van der Waals surface area (Å²) in [4.78, 5) is 26.9. The average Bonchev–Trinajstić information content (AvgIpc) is 2.97. The molecular formula is C17H24N6O. The van der Waals surface area contributed by atoms with Crippen LogP contribution in [-0.4, -0.2) is 50.0 Å². The number of hydrogen-bond acceptors (Lipinski definition) is 5. The molecule has 0 fully saturated rings. The number of nitrogens with one attached hydrogen (secondary N) is 1. The van der Waals surface area contributed by atoms with E-state index in [2.05, 4.69) is 38.3 Å². The molecule has 24 heavy (non-hydrogen) atoms. The van der Waals surface area contributed by atoms with Crippen LogP contribution in [0.2, 0.25) is 0 Å². The molecule has 0 aliphatic heterocycles. The summed E-state index contributed by atoms with van der Waals surface area (Å²) in [5.41, 5.74) is 1.31. The van der Waals surface area contributed by atoms with Gasteiger partial charge in [0.1, 0.15) is 6.33 Å². The van der Waals surface area contributed by atoms with Gasteiger partial charge in [0.2, 0.25) is 5.91 Å². The predicted octanol–water partition coefficient (Wildman–Crippen LogP) is 2.09. The first kappa shape index (κ1) is 17.8. The van der Waals surface area contributed by atoms with Crippen LogP contribution in [0.25, 0.3) is 11.2 Å². The minimum Gasteiger partial charge on any atom is -0.314 e. The van der Waals surface area contributed by atoms with Crippen molar-refractivity contribution >= 4 is 22.9 Å². The molecule has 0 unspecified atom stereocenters. The Bertz CT molecular complexity index is 711. The number of amides is 1. The molecule has 0 bridgehead atoms. The Morgan fingerprint density at radius 2 is 2.00 bits per heavy atom. The summed E-state index contributed by atoms with van der Waals surface area (Å²) in [7, 11) is 0. The van der Waals surface area contributed by atoms with E-state index in [0.717, 1.165) is 26.2 Å². The molecule has 2 rings (SSSR count). The van der Waals surface area contributed by atoms with E-state index >= 15 is 0 Å². The van der Waals surface area contributed by atoms with Crippen LogP contribution in [0.4, 0.5) is 5.82 Å². The van der Waals surface area contributed by atoms with Crippen molar-refractivity contribution in [3.05, 3.63) is 38.0 Å². The van der Waals surface area contributed by atoms with Crippen LogP contribution in [0.15, 0.2) is 38.0 Å². The van der Waals surface area contributed by atoms with Crippen LogP contribution in [0, 0.1) is 5.92 Å². The summed E-state index contributed by atoms with van der Waals surface area (Å²) in [5, 5.41) is 2.80. The standard InChI is InChI=1S/C17H24N6O/c1-5-7-22(8-6-2)9-10-23-12-20-14-15(18-11-19-16(14)23)21-17(24)13(3)4/h5-6,11-13H,1-2,7-10H2,3-4H3,(H,18,19,21,24). The minimum absolute atomic E-state index is 0.0901. The second-order valence-corrected chi connectivity index (χ2v) is 5.81. The van der Waals surface area contributed by atoms with Gasteiger partial charge in [-0.2, -0.15) is 0 Å². The summed E-state index contributed by atoms with van der Waals surface area (Å²) in [6.07, 6.45) is 6.92. The smallest absolute Gasteiger partial charge is 0.228 e. The Morgan fingerprint density at radius 1 is 1.29 bits per heavy atom. The molecule has 0 radical (unpaired) electrons. The Labute approximate surface area is 142 Å². The number of nitrogens with zero attached hydrogens (tertiary/aromatic N) is 5. The Hall–Kier alpha value is -2.54. The highest BCUT2D eigenvalue weighted by atomic mass is 16.1. The third kappa shape index (κ3) is 4.26. The van der Waals surface area contributed by atoms with E-state index in [4.69, 9.17) is 0 Å². The summed E-state index contributed by atoms with van der Waals surface area (Å²) < 4.78 is 1.96. The van der Waals surface area contributed by atoms with Crippen LogP contribution >= 0.6 is 0 Å². The van der Waals surface area contributed by atoms with Crippen molar-refractivity contribution in [2.24, 2.45) is 5.92 Å². The van der Waals surface area contributed by atoms with Gasteiger partial charge in [0.05, 0.1) is 6.33 Å². The lowest BCUT2D eigenvalue weighted by atomic mass is 10.2. The number of hydrogen-bond donors (Lipinski definition) is 1. The molecule has 1 amide bonds. The molecule has 0 saturated heterocycles. The lowest BCUT2D eigenvalue weighted by molar-refractivity contribution is -0.118. The summed E-state index contributed by atoms with van der Waals surface area (Å²) in [5.74, 6) is 0.239. The van der Waals surface area contributed by atoms with Crippen molar-refractivity contribution in [3.8, 4) is 0 Å². The molecule has 0 spiro atoms. The fourth-order valence-corrected chi connectivity index (χ4v) is 2.27. The quantitative estimate of drug-likeness (QED) is 0.713. The van der Waals surface area contributed by atoms with Gasteiger partial charge in [-0.3, -0.25) is 9.69 Å². The van der Waals surface area contributed by atoms with Crippen LogP contribution in [0.1, 0.15) is 13.8 Å². The molecule has 0 atom stereocenters. The van der Waals surface area contributed by atoms with Crippen molar-refractivity contribution in [1.82, 2.24) is 24.4 Å². The number of imidazole rings is 1. The van der Waals surface area contributed by atoms with Gasteiger partial charge in [0, 0.05) is 32.1 Å². The third-order valence-corrected chi connectivity index (χ3v) is 3.60. The van der Waals surface area contributed by atoms with E-state index in [-0.39, 0.29) is 11.8 Å². The third-order valence-electron chi connectivity index (χ3n) is 3.60. The molecular weight excluding hydrogens is 304 g/mol. The molecule has 128 valence electrons. The number of aromatic nitrogens is 4. The molecule has 7 heteroatoms. The average molecular weight is 328 g/mol. The Balaban J connectivity index is 2.16. The molecule has 7 nitrogen and oxygen atoms in total. The molecule has 1 N–H and O–H groups in total. The van der Waals surface area contributed by atoms with Crippen molar-refractivity contribution in [3.63, 3.8) is 0 Å². The largest absolute Gasteiger partial charge is 0.314 e. The molecule has 2 aromatic heterocycles. The summed E-state index contributed by atoms with van der Waals surface area (Å²) >= 11 is 0. The van der Waals surface area contributed by atoms with Gasteiger partial charge in [-0.15, -0.1) is 13.2 Å². The number of anilines is 1. The van der Waals surface area contributed by atoms with E-state index in [1.165, 1.54) is 6.33 Å². The zero-order valence-electron chi connectivity index (χ0n) is 14.3. The lowest BCUT2D eigenvalue weighted by Crippen LogP contribution is -2.27. The van der Waals surface area contributed by atoms with Gasteiger partial charge in [-0.05, 0) is 0 Å². The highest BCUT2D eigenvalue weighted by molar-refractivity contribution is 5.97. The molecule has 0 saturated carbocycles. The highest BCUT2D eigenvalue weighted by Crippen LogP contribution is 2.18. The second kappa shape index (κ2) is 8.35. The van der Waals surface area contributed by atoms with Crippen LogP contribution in [0.5, 0.6) is 0 Å².